The van der Waals surface area contributed by atoms with Crippen LogP contribution in [-0.2, 0) is 22.4 Å². The Morgan fingerprint density at radius 3 is 3.07 bits per heavy atom. The molecule has 0 bridgehead atoms. The summed E-state index contributed by atoms with van der Waals surface area (Å²) in [7, 11) is 0. The molecule has 5 rings (SSSR count). The first kappa shape index (κ1) is 17.3. The first-order valence-electron chi connectivity index (χ1n) is 9.57. The van der Waals surface area contributed by atoms with Gasteiger partial charge in [0.25, 0.3) is 0 Å². The van der Waals surface area contributed by atoms with Gasteiger partial charge in [0.1, 0.15) is 17.0 Å². The van der Waals surface area contributed by atoms with E-state index in [4.69, 9.17) is 4.74 Å². The van der Waals surface area contributed by atoms with E-state index in [1.165, 1.54) is 10.4 Å². The van der Waals surface area contributed by atoms with Crippen LogP contribution in [0.1, 0.15) is 30.2 Å². The topological polar surface area (TPSA) is 76.5 Å². The smallest absolute Gasteiger partial charge is 0.306 e. The summed E-state index contributed by atoms with van der Waals surface area (Å²) in [4.78, 5) is 27.4. The van der Waals surface area contributed by atoms with E-state index in [2.05, 4.69) is 26.3 Å². The molecule has 1 atom stereocenters. The number of aryl methyl sites for hydroxylation is 1. The van der Waals surface area contributed by atoms with Crippen LogP contribution in [0.2, 0.25) is 0 Å². The Morgan fingerprint density at radius 2 is 2.29 bits per heavy atom. The minimum absolute atomic E-state index is 0.0940. The van der Waals surface area contributed by atoms with Crippen LogP contribution in [0.5, 0.6) is 0 Å². The molecule has 142 valence electrons. The summed E-state index contributed by atoms with van der Waals surface area (Å²) in [6, 6.07) is 6.13. The number of ether oxygens (including phenoxy) is 1. The number of anilines is 2. The molecule has 0 amide bonds. The molecular formula is C21H20N4O2S. The third kappa shape index (κ3) is 3.05. The number of nitrogens with one attached hydrogen (secondary N) is 1. The average molecular weight is 392 g/mol. The molecule has 7 heteroatoms. The summed E-state index contributed by atoms with van der Waals surface area (Å²) in [6.45, 7) is 2.29. The van der Waals surface area contributed by atoms with Crippen molar-refractivity contribution in [1.29, 1.82) is 0 Å². The Balaban J connectivity index is 1.44. The second-order valence-electron chi connectivity index (χ2n) is 7.18. The zero-order chi connectivity index (χ0) is 19.1. The molecule has 1 aliphatic carbocycles. The summed E-state index contributed by atoms with van der Waals surface area (Å²) >= 11 is 1.72. The molecule has 0 fully saturated rings. The van der Waals surface area contributed by atoms with Crippen molar-refractivity contribution in [1.82, 2.24) is 9.97 Å². The average Bonchev–Trinajstić information content (AvgIpc) is 3.03. The highest BCUT2D eigenvalue weighted by molar-refractivity contribution is 7.19. The molecule has 1 aromatic carbocycles. The molecule has 0 radical (unpaired) electrons. The Bertz CT molecular complexity index is 1200. The second-order valence-corrected chi connectivity index (χ2v) is 8.26. The van der Waals surface area contributed by atoms with E-state index >= 15 is 0 Å². The van der Waals surface area contributed by atoms with Crippen molar-refractivity contribution in [2.45, 2.75) is 32.6 Å². The fourth-order valence-corrected chi connectivity index (χ4v) is 5.27. The van der Waals surface area contributed by atoms with Crippen LogP contribution in [0.25, 0.3) is 16.4 Å². The normalized spacial score (nSPS) is 17.0. The lowest BCUT2D eigenvalue weighted by Gasteiger charge is -2.21. The van der Waals surface area contributed by atoms with Crippen molar-refractivity contribution in [3.63, 3.8) is 0 Å². The van der Waals surface area contributed by atoms with E-state index in [0.717, 1.165) is 51.6 Å². The van der Waals surface area contributed by atoms with Crippen LogP contribution in [0.4, 0.5) is 11.5 Å². The summed E-state index contributed by atoms with van der Waals surface area (Å²) in [5, 5.41) is 6.75. The van der Waals surface area contributed by atoms with E-state index < -0.39 is 0 Å². The number of rotatable bonds is 5. The first-order chi connectivity index (χ1) is 13.7. The highest BCUT2D eigenvalue weighted by Gasteiger charge is 2.27. The molecule has 1 unspecified atom stereocenters. The lowest BCUT2D eigenvalue weighted by atomic mass is 9.86. The van der Waals surface area contributed by atoms with Crippen LogP contribution in [0.3, 0.4) is 0 Å². The maximum Gasteiger partial charge on any atom is 0.306 e. The third-order valence-corrected chi connectivity index (χ3v) is 6.50. The maximum absolute atomic E-state index is 11.8. The lowest BCUT2D eigenvalue weighted by Crippen LogP contribution is -2.30. The molecule has 3 heterocycles. The number of carbonyl (C=O) groups excluding carboxylic acids is 1. The molecule has 28 heavy (non-hydrogen) atoms. The summed E-state index contributed by atoms with van der Waals surface area (Å²) in [5.41, 5.74) is 2.33. The van der Waals surface area contributed by atoms with Gasteiger partial charge in [0, 0.05) is 28.4 Å². The number of nitrogens with zero attached hydrogens (tertiary/aromatic N) is 3. The van der Waals surface area contributed by atoms with E-state index in [0.29, 0.717) is 18.9 Å². The fourth-order valence-electron chi connectivity index (χ4n) is 3.97. The van der Waals surface area contributed by atoms with Gasteiger partial charge in [-0.3, -0.25) is 9.79 Å². The minimum atomic E-state index is -0.0940. The maximum atomic E-state index is 11.8. The van der Waals surface area contributed by atoms with Crippen molar-refractivity contribution >= 4 is 45.2 Å². The number of esters is 1. The number of thiophene rings is 1. The summed E-state index contributed by atoms with van der Waals surface area (Å²) in [6.07, 6.45) is 6.82. The molecule has 3 aromatic rings. The Morgan fingerprint density at radius 1 is 1.36 bits per heavy atom. The minimum Gasteiger partial charge on any atom is -0.466 e. The van der Waals surface area contributed by atoms with E-state index in [9.17, 15) is 4.79 Å². The van der Waals surface area contributed by atoms with Crippen LogP contribution in [0, 0.1) is 5.92 Å². The number of aromatic nitrogens is 2. The molecule has 0 saturated heterocycles. The zero-order valence-corrected chi connectivity index (χ0v) is 16.4. The largest absolute Gasteiger partial charge is 0.466 e. The molecular weight excluding hydrogens is 372 g/mol. The molecule has 0 spiro atoms. The van der Waals surface area contributed by atoms with Crippen LogP contribution in [-0.4, -0.2) is 22.5 Å². The molecule has 6 nitrogen and oxygen atoms in total. The number of hydrogen-bond acceptors (Lipinski definition) is 7. The number of benzene rings is 1. The predicted molar refractivity (Wildman–Crippen MR) is 109 cm³/mol. The highest BCUT2D eigenvalue weighted by atomic mass is 32.1. The molecule has 1 N–H and O–H groups in total. The summed E-state index contributed by atoms with van der Waals surface area (Å²) < 4.78 is 5.12. The van der Waals surface area contributed by atoms with Gasteiger partial charge >= 0.3 is 5.97 Å². The van der Waals surface area contributed by atoms with Crippen molar-refractivity contribution in [3.05, 3.63) is 45.5 Å². The highest BCUT2D eigenvalue weighted by Crippen LogP contribution is 2.41. The number of hydrogen-bond donors (Lipinski definition) is 1. The molecule has 0 saturated carbocycles. The van der Waals surface area contributed by atoms with E-state index in [1.807, 2.05) is 25.3 Å². The van der Waals surface area contributed by atoms with Gasteiger partial charge in [-0.1, -0.05) is 0 Å². The van der Waals surface area contributed by atoms with E-state index in [-0.39, 0.29) is 5.97 Å². The van der Waals surface area contributed by atoms with Crippen molar-refractivity contribution < 1.29 is 9.53 Å². The lowest BCUT2D eigenvalue weighted by molar-refractivity contribution is -0.144. The monoisotopic (exact) mass is 392 g/mol. The third-order valence-electron chi connectivity index (χ3n) is 5.34. The van der Waals surface area contributed by atoms with Gasteiger partial charge in [-0.15, -0.1) is 11.3 Å². The fraction of sp³-hybridized carbons (Fsp3) is 0.333. The second kappa shape index (κ2) is 6.98. The van der Waals surface area contributed by atoms with Gasteiger partial charge in [0.2, 0.25) is 0 Å². The first-order valence-corrected chi connectivity index (χ1v) is 10.4. The SMILES string of the molecule is CCOC(=O)CC1CCc2c(sc3ncnc(Nc4ccc5c(c4)=CN=5)c23)C1. The van der Waals surface area contributed by atoms with Crippen LogP contribution in [0.15, 0.2) is 29.5 Å². The Labute approximate surface area is 166 Å². The van der Waals surface area contributed by atoms with Gasteiger partial charge in [-0.05, 0) is 55.9 Å². The van der Waals surface area contributed by atoms with Crippen LogP contribution >= 0.6 is 11.3 Å². The van der Waals surface area contributed by atoms with Gasteiger partial charge in [0.05, 0.1) is 17.4 Å². The quantitative estimate of drug-likeness (QED) is 0.676. The van der Waals surface area contributed by atoms with Crippen molar-refractivity contribution in [2.75, 3.05) is 11.9 Å². The Hall–Kier alpha value is -2.80. The standard InChI is InChI=1S/C21H20N4O2S/c1-2-27-18(26)8-12-3-5-15-17(7-12)28-21-19(15)20(23-11-24-21)25-14-4-6-16-13(9-14)10-22-16/h4,6,9-12H,2-3,5,7-8H2,1H3,(H,23,24,25). The van der Waals surface area contributed by atoms with Gasteiger partial charge in [-0.2, -0.15) is 0 Å². The molecule has 2 aliphatic rings. The number of carbonyl (C=O) groups is 1. The molecule has 1 aliphatic heterocycles. The van der Waals surface area contributed by atoms with Crippen molar-refractivity contribution in [3.8, 4) is 0 Å². The Kier molecular flexibility index (Phi) is 4.31. The molecule has 2 aromatic heterocycles. The van der Waals surface area contributed by atoms with Gasteiger partial charge in [-0.25, -0.2) is 9.97 Å². The van der Waals surface area contributed by atoms with Crippen LogP contribution < -0.4 is 15.9 Å². The van der Waals surface area contributed by atoms with Gasteiger partial charge in [0.15, 0.2) is 0 Å². The van der Waals surface area contributed by atoms with E-state index in [1.54, 1.807) is 17.7 Å². The predicted octanol–water partition coefficient (Wildman–Crippen LogP) is 2.86. The zero-order valence-electron chi connectivity index (χ0n) is 15.6. The van der Waals surface area contributed by atoms with Crippen molar-refractivity contribution in [2.24, 2.45) is 10.9 Å². The summed E-state index contributed by atoms with van der Waals surface area (Å²) in [5.74, 6) is 1.10. The number of fused-ring (bicyclic) bond motifs is 4. The van der Waals surface area contributed by atoms with Gasteiger partial charge < -0.3 is 10.1 Å².